The molecule has 1 aliphatic carbocycles. The lowest BCUT2D eigenvalue weighted by atomic mass is 9.97. The molecule has 0 atom stereocenters. The van der Waals surface area contributed by atoms with E-state index in [2.05, 4.69) is 36.8 Å². The minimum Gasteiger partial charge on any atom is -0.339 e. The van der Waals surface area contributed by atoms with Crippen molar-refractivity contribution in [3.8, 4) is 0 Å². The highest BCUT2D eigenvalue weighted by atomic mass is 32.2. The highest BCUT2D eigenvalue weighted by Crippen LogP contribution is 2.39. The van der Waals surface area contributed by atoms with Crippen molar-refractivity contribution in [1.29, 1.82) is 0 Å². The third kappa shape index (κ3) is 3.39. The first-order chi connectivity index (χ1) is 11.8. The maximum atomic E-state index is 5.31. The zero-order chi connectivity index (χ0) is 16.4. The number of hydrogen-bond acceptors (Lipinski definition) is 7. The fourth-order valence-corrected chi connectivity index (χ4v) is 3.84. The van der Waals surface area contributed by atoms with Gasteiger partial charge in [0, 0.05) is 18.4 Å². The van der Waals surface area contributed by atoms with Crippen LogP contribution in [0.2, 0.25) is 0 Å². The predicted octanol–water partition coefficient (Wildman–Crippen LogP) is 2.48. The molecule has 128 valence electrons. The lowest BCUT2D eigenvalue weighted by Crippen LogP contribution is -2.28. The van der Waals surface area contributed by atoms with Gasteiger partial charge in [-0.25, -0.2) is 0 Å². The van der Waals surface area contributed by atoms with E-state index in [1.54, 1.807) is 11.8 Å². The van der Waals surface area contributed by atoms with Crippen LogP contribution in [0.1, 0.15) is 55.1 Å². The molecule has 1 N–H and O–H groups in total. The molecule has 0 bridgehead atoms. The first kappa shape index (κ1) is 15.8. The van der Waals surface area contributed by atoms with Gasteiger partial charge in [0.2, 0.25) is 5.89 Å². The van der Waals surface area contributed by atoms with E-state index in [1.807, 2.05) is 6.08 Å². The maximum absolute atomic E-state index is 5.31. The van der Waals surface area contributed by atoms with E-state index in [0.29, 0.717) is 17.6 Å². The Morgan fingerprint density at radius 3 is 2.79 bits per heavy atom. The van der Waals surface area contributed by atoms with Gasteiger partial charge in [-0.3, -0.25) is 0 Å². The zero-order valence-corrected chi connectivity index (χ0v) is 14.5. The Labute approximate surface area is 145 Å². The van der Waals surface area contributed by atoms with Crippen molar-refractivity contribution in [2.75, 3.05) is 13.1 Å². The van der Waals surface area contributed by atoms with Crippen LogP contribution in [-0.2, 0) is 12.3 Å². The second kappa shape index (κ2) is 7.06. The summed E-state index contributed by atoms with van der Waals surface area (Å²) in [5, 5.41) is 17.2. The fourth-order valence-electron chi connectivity index (χ4n) is 3.04. The van der Waals surface area contributed by atoms with E-state index < -0.39 is 0 Å². The second-order valence-electron chi connectivity index (χ2n) is 6.38. The van der Waals surface area contributed by atoms with Crippen LogP contribution in [0.4, 0.5) is 0 Å². The summed E-state index contributed by atoms with van der Waals surface area (Å²) in [7, 11) is 0. The highest BCUT2D eigenvalue weighted by molar-refractivity contribution is 7.98. The number of aromatic nitrogens is 5. The molecule has 0 amide bonds. The Balaban J connectivity index is 1.46. The third-order valence-electron chi connectivity index (χ3n) is 4.50. The molecule has 7 nitrogen and oxygen atoms in total. The van der Waals surface area contributed by atoms with Gasteiger partial charge in [0.05, 0.1) is 5.75 Å². The summed E-state index contributed by atoms with van der Waals surface area (Å²) in [5.41, 5.74) is 0. The summed E-state index contributed by atoms with van der Waals surface area (Å²) in [6.45, 7) is 6.69. The van der Waals surface area contributed by atoms with Gasteiger partial charge in [-0.1, -0.05) is 23.0 Å². The van der Waals surface area contributed by atoms with Crippen molar-refractivity contribution in [1.82, 2.24) is 30.2 Å². The quantitative estimate of drug-likeness (QED) is 0.609. The van der Waals surface area contributed by atoms with Crippen LogP contribution in [0.25, 0.3) is 0 Å². The Morgan fingerprint density at radius 2 is 2.04 bits per heavy atom. The second-order valence-corrected chi connectivity index (χ2v) is 7.32. The van der Waals surface area contributed by atoms with Crippen LogP contribution in [0.15, 0.2) is 22.3 Å². The number of nitrogens with zero attached hydrogens (tertiary/aromatic N) is 5. The predicted molar refractivity (Wildman–Crippen MR) is 90.9 cm³/mol. The molecule has 1 saturated heterocycles. The molecule has 1 saturated carbocycles. The Kier molecular flexibility index (Phi) is 4.66. The number of rotatable bonds is 7. The SMILES string of the molecule is C=CCn1c(SCc2noc(C3CC3)n2)nnc1C1CCNCC1. The van der Waals surface area contributed by atoms with Crippen molar-refractivity contribution < 1.29 is 4.52 Å². The van der Waals surface area contributed by atoms with E-state index in [1.165, 1.54) is 12.8 Å². The molecule has 1 aliphatic heterocycles. The first-order valence-corrected chi connectivity index (χ1v) is 9.53. The average Bonchev–Trinajstić information content (AvgIpc) is 3.23. The summed E-state index contributed by atoms with van der Waals surface area (Å²) in [5.74, 6) is 4.21. The summed E-state index contributed by atoms with van der Waals surface area (Å²) in [6.07, 6.45) is 6.45. The molecule has 0 aromatic carbocycles. The number of allylic oxidation sites excluding steroid dienone is 1. The van der Waals surface area contributed by atoms with Crippen LogP contribution < -0.4 is 5.32 Å². The lowest BCUT2D eigenvalue weighted by molar-refractivity contribution is 0.375. The van der Waals surface area contributed by atoms with Crippen LogP contribution in [0.3, 0.4) is 0 Å². The Morgan fingerprint density at radius 1 is 1.21 bits per heavy atom. The molecular formula is C16H22N6OS. The molecule has 2 aromatic heterocycles. The summed E-state index contributed by atoms with van der Waals surface area (Å²) in [6, 6.07) is 0. The first-order valence-electron chi connectivity index (χ1n) is 8.55. The fraction of sp³-hybridized carbons (Fsp3) is 0.625. The Bertz CT molecular complexity index is 701. The normalized spacial score (nSPS) is 18.8. The van der Waals surface area contributed by atoms with Gasteiger partial charge in [0.25, 0.3) is 0 Å². The van der Waals surface area contributed by atoms with E-state index in [4.69, 9.17) is 4.52 Å². The molecule has 0 unspecified atom stereocenters. The lowest BCUT2D eigenvalue weighted by Gasteiger charge is -2.22. The molecule has 0 spiro atoms. The van der Waals surface area contributed by atoms with E-state index in [-0.39, 0.29) is 0 Å². The van der Waals surface area contributed by atoms with Crippen LogP contribution in [0, 0.1) is 0 Å². The van der Waals surface area contributed by atoms with Crippen LogP contribution in [0.5, 0.6) is 0 Å². The largest absolute Gasteiger partial charge is 0.339 e. The minimum absolute atomic E-state index is 0.472. The monoisotopic (exact) mass is 346 g/mol. The minimum atomic E-state index is 0.472. The van der Waals surface area contributed by atoms with Gasteiger partial charge >= 0.3 is 0 Å². The van der Waals surface area contributed by atoms with Crippen molar-refractivity contribution in [3.05, 3.63) is 30.2 Å². The number of thioether (sulfide) groups is 1. The molecule has 2 aliphatic rings. The maximum Gasteiger partial charge on any atom is 0.229 e. The number of hydrogen-bond donors (Lipinski definition) is 1. The number of nitrogens with one attached hydrogen (secondary N) is 1. The summed E-state index contributed by atoms with van der Waals surface area (Å²) < 4.78 is 7.49. The zero-order valence-electron chi connectivity index (χ0n) is 13.6. The molecule has 8 heteroatoms. The molecule has 24 heavy (non-hydrogen) atoms. The average molecular weight is 346 g/mol. The van der Waals surface area contributed by atoms with Gasteiger partial charge in [0.1, 0.15) is 5.82 Å². The molecular weight excluding hydrogens is 324 g/mol. The topological polar surface area (TPSA) is 81.7 Å². The summed E-state index contributed by atoms with van der Waals surface area (Å²) in [4.78, 5) is 4.48. The van der Waals surface area contributed by atoms with Crippen molar-refractivity contribution in [2.24, 2.45) is 0 Å². The smallest absolute Gasteiger partial charge is 0.229 e. The number of piperidine rings is 1. The van der Waals surface area contributed by atoms with E-state index >= 15 is 0 Å². The molecule has 2 aromatic rings. The van der Waals surface area contributed by atoms with Crippen LogP contribution >= 0.6 is 11.8 Å². The molecule has 2 fully saturated rings. The van der Waals surface area contributed by atoms with Gasteiger partial charge in [-0.15, -0.1) is 16.8 Å². The third-order valence-corrected chi connectivity index (χ3v) is 5.46. The van der Waals surface area contributed by atoms with Gasteiger partial charge in [0.15, 0.2) is 11.0 Å². The van der Waals surface area contributed by atoms with Crippen molar-refractivity contribution in [2.45, 2.75) is 55.0 Å². The van der Waals surface area contributed by atoms with Gasteiger partial charge in [-0.2, -0.15) is 4.98 Å². The van der Waals surface area contributed by atoms with Crippen molar-refractivity contribution in [3.63, 3.8) is 0 Å². The summed E-state index contributed by atoms with van der Waals surface area (Å²) >= 11 is 1.61. The van der Waals surface area contributed by atoms with Gasteiger partial charge < -0.3 is 14.4 Å². The van der Waals surface area contributed by atoms with Gasteiger partial charge in [-0.05, 0) is 38.8 Å². The Hall–Kier alpha value is -1.67. The molecule has 0 radical (unpaired) electrons. The highest BCUT2D eigenvalue weighted by Gasteiger charge is 2.29. The molecule has 4 rings (SSSR count). The molecule has 3 heterocycles. The van der Waals surface area contributed by atoms with Crippen LogP contribution in [-0.4, -0.2) is 38.0 Å². The van der Waals surface area contributed by atoms with Crippen molar-refractivity contribution >= 4 is 11.8 Å². The van der Waals surface area contributed by atoms with E-state index in [0.717, 1.165) is 55.2 Å². The van der Waals surface area contributed by atoms with E-state index in [9.17, 15) is 0 Å². The standard InChI is InChI=1S/C16H22N6OS/c1-2-9-22-14(11-5-7-17-8-6-11)19-20-16(22)24-10-13-18-15(23-21-13)12-3-4-12/h2,11-12,17H,1,3-10H2.